The second-order valence-corrected chi connectivity index (χ2v) is 6.04. The van der Waals surface area contributed by atoms with E-state index < -0.39 is 24.0 Å². The Morgan fingerprint density at radius 3 is 1.96 bits per heavy atom. The molecule has 0 heterocycles. The lowest BCUT2D eigenvalue weighted by Gasteiger charge is -2.20. The van der Waals surface area contributed by atoms with Gasteiger partial charge in [0, 0.05) is 6.42 Å². The number of hydrogen-bond acceptors (Lipinski definition) is 3. The van der Waals surface area contributed by atoms with Crippen LogP contribution in [-0.4, -0.2) is 35.0 Å². The average Bonchev–Trinajstić information content (AvgIpc) is 2.62. The average molecular weight is 354 g/mol. The van der Waals surface area contributed by atoms with Gasteiger partial charge in [0.25, 0.3) is 0 Å². The van der Waals surface area contributed by atoms with E-state index in [4.69, 9.17) is 5.11 Å². The quantitative estimate of drug-likeness (QED) is 0.670. The molecule has 136 valence electrons. The molecule has 0 aliphatic carbocycles. The first-order chi connectivity index (χ1) is 12.5. The van der Waals surface area contributed by atoms with Crippen LogP contribution in [0.3, 0.4) is 0 Å². The van der Waals surface area contributed by atoms with Gasteiger partial charge in [0.1, 0.15) is 12.1 Å². The number of nitrogens with one attached hydrogen (secondary N) is 2. The molecule has 0 aromatic heterocycles. The Morgan fingerprint density at radius 2 is 1.42 bits per heavy atom. The molecule has 6 nitrogen and oxygen atoms in total. The first kappa shape index (κ1) is 19.2. The first-order valence-corrected chi connectivity index (χ1v) is 8.36. The lowest BCUT2D eigenvalue weighted by atomic mass is 10.0. The van der Waals surface area contributed by atoms with E-state index in [0.29, 0.717) is 0 Å². The van der Waals surface area contributed by atoms with Crippen LogP contribution >= 0.6 is 0 Å². The van der Waals surface area contributed by atoms with Crippen molar-refractivity contribution >= 4 is 17.8 Å². The van der Waals surface area contributed by atoms with E-state index in [1.54, 1.807) is 0 Å². The Labute approximate surface area is 152 Å². The van der Waals surface area contributed by atoms with Gasteiger partial charge in [-0.05, 0) is 18.1 Å². The lowest BCUT2D eigenvalue weighted by molar-refractivity contribution is -0.141. The minimum absolute atomic E-state index is 0.147. The second-order valence-electron chi connectivity index (χ2n) is 6.04. The van der Waals surface area contributed by atoms with Crippen molar-refractivity contribution in [2.45, 2.75) is 31.8 Å². The van der Waals surface area contributed by atoms with Crippen molar-refractivity contribution in [3.63, 3.8) is 0 Å². The molecule has 0 radical (unpaired) electrons. The minimum atomic E-state index is -1.13. The van der Waals surface area contributed by atoms with Crippen LogP contribution in [0, 0.1) is 0 Å². The maximum Gasteiger partial charge on any atom is 0.325 e. The molecule has 6 heteroatoms. The number of carbonyl (C=O) groups is 3. The fourth-order valence-corrected chi connectivity index (χ4v) is 2.46. The molecule has 2 atom stereocenters. The van der Waals surface area contributed by atoms with Gasteiger partial charge in [0.2, 0.25) is 11.8 Å². The van der Waals surface area contributed by atoms with Crippen LogP contribution in [-0.2, 0) is 27.2 Å². The third kappa shape index (κ3) is 6.05. The van der Waals surface area contributed by atoms with Gasteiger partial charge in [0.15, 0.2) is 0 Å². The van der Waals surface area contributed by atoms with Crippen LogP contribution in [0.4, 0.5) is 0 Å². The van der Waals surface area contributed by atoms with Gasteiger partial charge >= 0.3 is 5.97 Å². The van der Waals surface area contributed by atoms with E-state index in [-0.39, 0.29) is 18.7 Å². The lowest BCUT2D eigenvalue weighted by Crippen LogP contribution is -2.52. The van der Waals surface area contributed by atoms with Gasteiger partial charge < -0.3 is 15.7 Å². The van der Waals surface area contributed by atoms with Crippen LogP contribution in [0.1, 0.15) is 18.1 Å². The van der Waals surface area contributed by atoms with Crippen molar-refractivity contribution in [2.75, 3.05) is 0 Å². The highest BCUT2D eigenvalue weighted by atomic mass is 16.4. The topological polar surface area (TPSA) is 95.5 Å². The van der Waals surface area contributed by atoms with Gasteiger partial charge in [-0.1, -0.05) is 60.7 Å². The number of benzene rings is 2. The Morgan fingerprint density at radius 1 is 0.885 bits per heavy atom. The molecular formula is C20H22N2O4. The van der Waals surface area contributed by atoms with Gasteiger partial charge in [-0.25, -0.2) is 0 Å². The molecule has 2 aromatic rings. The van der Waals surface area contributed by atoms with E-state index in [0.717, 1.165) is 11.1 Å². The molecule has 2 rings (SSSR count). The molecule has 26 heavy (non-hydrogen) atoms. The van der Waals surface area contributed by atoms with E-state index >= 15 is 0 Å². The van der Waals surface area contributed by atoms with Gasteiger partial charge in [0.05, 0.1) is 6.42 Å². The highest BCUT2D eigenvalue weighted by Crippen LogP contribution is 2.05. The van der Waals surface area contributed by atoms with Crippen molar-refractivity contribution in [1.29, 1.82) is 0 Å². The Bertz CT molecular complexity index is 747. The zero-order valence-corrected chi connectivity index (χ0v) is 14.5. The normalized spacial score (nSPS) is 12.7. The van der Waals surface area contributed by atoms with Crippen molar-refractivity contribution in [3.8, 4) is 0 Å². The summed E-state index contributed by atoms with van der Waals surface area (Å²) in [5, 5.41) is 14.1. The molecule has 0 bridgehead atoms. The highest BCUT2D eigenvalue weighted by molar-refractivity contribution is 5.91. The maximum atomic E-state index is 12.5. The van der Waals surface area contributed by atoms with Crippen LogP contribution in [0.2, 0.25) is 0 Å². The monoisotopic (exact) mass is 354 g/mol. The molecule has 3 N–H and O–H groups in total. The molecule has 0 aliphatic heterocycles. The predicted octanol–water partition coefficient (Wildman–Crippen LogP) is 1.55. The van der Waals surface area contributed by atoms with Gasteiger partial charge in [-0.3, -0.25) is 14.4 Å². The molecule has 0 aliphatic rings. The first-order valence-electron chi connectivity index (χ1n) is 8.36. The third-order valence-electron chi connectivity index (χ3n) is 3.87. The minimum Gasteiger partial charge on any atom is -0.480 e. The van der Waals surface area contributed by atoms with Crippen molar-refractivity contribution in [2.24, 2.45) is 0 Å². The van der Waals surface area contributed by atoms with E-state index in [1.165, 1.54) is 6.92 Å². The molecule has 2 amide bonds. The fourth-order valence-electron chi connectivity index (χ4n) is 2.46. The molecule has 2 aromatic carbocycles. The maximum absolute atomic E-state index is 12.5. The molecule has 0 saturated carbocycles. The number of rotatable bonds is 8. The van der Waals surface area contributed by atoms with Crippen molar-refractivity contribution < 1.29 is 19.5 Å². The van der Waals surface area contributed by atoms with Gasteiger partial charge in [-0.2, -0.15) is 0 Å². The largest absolute Gasteiger partial charge is 0.480 e. The van der Waals surface area contributed by atoms with Crippen LogP contribution in [0.25, 0.3) is 0 Å². The van der Waals surface area contributed by atoms with E-state index in [2.05, 4.69) is 10.6 Å². The summed E-state index contributed by atoms with van der Waals surface area (Å²) in [6.45, 7) is 1.38. The summed E-state index contributed by atoms with van der Waals surface area (Å²) in [7, 11) is 0. The summed E-state index contributed by atoms with van der Waals surface area (Å²) >= 11 is 0. The van der Waals surface area contributed by atoms with Crippen LogP contribution in [0.15, 0.2) is 60.7 Å². The zero-order valence-electron chi connectivity index (χ0n) is 14.5. The summed E-state index contributed by atoms with van der Waals surface area (Å²) < 4.78 is 0. The smallest absolute Gasteiger partial charge is 0.325 e. The third-order valence-corrected chi connectivity index (χ3v) is 3.87. The highest BCUT2D eigenvalue weighted by Gasteiger charge is 2.24. The SMILES string of the molecule is C[C@H](NC(=O)[C@H](Cc1ccccc1)NC(=O)Cc1ccccc1)C(=O)O. The Kier molecular flexibility index (Phi) is 6.91. The summed E-state index contributed by atoms with van der Waals surface area (Å²) in [4.78, 5) is 35.8. The zero-order chi connectivity index (χ0) is 18.9. The molecule has 0 saturated heterocycles. The second kappa shape index (κ2) is 9.36. The predicted molar refractivity (Wildman–Crippen MR) is 97.5 cm³/mol. The summed E-state index contributed by atoms with van der Waals surface area (Å²) in [5.74, 6) is -1.95. The van der Waals surface area contributed by atoms with Crippen molar-refractivity contribution in [3.05, 3.63) is 71.8 Å². The molecule has 0 spiro atoms. The molecular weight excluding hydrogens is 332 g/mol. The number of carboxylic acid groups (broad SMARTS) is 1. The van der Waals surface area contributed by atoms with Crippen LogP contribution in [0.5, 0.6) is 0 Å². The molecule has 0 fully saturated rings. The molecule has 0 unspecified atom stereocenters. The number of hydrogen-bond donors (Lipinski definition) is 3. The van der Waals surface area contributed by atoms with Gasteiger partial charge in [-0.15, -0.1) is 0 Å². The number of carbonyl (C=O) groups excluding carboxylic acids is 2. The summed E-state index contributed by atoms with van der Waals surface area (Å²) in [5.41, 5.74) is 1.71. The van der Waals surface area contributed by atoms with Crippen LogP contribution < -0.4 is 10.6 Å². The summed E-state index contributed by atoms with van der Waals surface area (Å²) in [6.07, 6.45) is 0.424. The fraction of sp³-hybridized carbons (Fsp3) is 0.250. The number of amides is 2. The van der Waals surface area contributed by atoms with Crippen molar-refractivity contribution in [1.82, 2.24) is 10.6 Å². The number of aliphatic carboxylic acids is 1. The van der Waals surface area contributed by atoms with E-state index in [1.807, 2.05) is 60.7 Å². The summed E-state index contributed by atoms with van der Waals surface area (Å²) in [6, 6.07) is 16.6. The standard InChI is InChI=1S/C20H22N2O4/c1-14(20(25)26)21-19(24)17(12-15-8-4-2-5-9-15)22-18(23)13-16-10-6-3-7-11-16/h2-11,14,17H,12-13H2,1H3,(H,21,24)(H,22,23)(H,25,26)/t14-,17-/m0/s1. The Hall–Kier alpha value is -3.15. The number of carboxylic acids is 1. The van der Waals surface area contributed by atoms with E-state index in [9.17, 15) is 14.4 Å². The Balaban J connectivity index is 2.07.